The molecule has 3 atom stereocenters. The van der Waals surface area contributed by atoms with Crippen LogP contribution in [0.25, 0.3) is 22.1 Å². The van der Waals surface area contributed by atoms with E-state index in [1.54, 1.807) is 0 Å². The van der Waals surface area contributed by atoms with Crippen molar-refractivity contribution in [1.82, 2.24) is 34.0 Å². The molecule has 0 radical (unpaired) electrons. The fourth-order valence-electron chi connectivity index (χ4n) is 8.21. The first kappa shape index (κ1) is 35.3. The number of nitrogens with zero attached hydrogens (tertiary/aromatic N) is 6. The lowest BCUT2D eigenvalue weighted by atomic mass is 9.93. The molecule has 5 heterocycles. The van der Waals surface area contributed by atoms with Crippen LogP contribution in [-0.2, 0) is 32.2 Å². The zero-order chi connectivity index (χ0) is 36.6. The van der Waals surface area contributed by atoms with Gasteiger partial charge in [-0.05, 0) is 99.6 Å². The normalized spacial score (nSPS) is 22.8. The van der Waals surface area contributed by atoms with Crippen molar-refractivity contribution in [1.29, 1.82) is 0 Å². The third kappa shape index (κ3) is 7.74. The molecule has 4 saturated carbocycles. The van der Waals surface area contributed by atoms with Crippen LogP contribution in [0.15, 0.2) is 55.4 Å². The van der Waals surface area contributed by atoms with Crippen molar-refractivity contribution >= 4 is 34.3 Å². The predicted octanol–water partition coefficient (Wildman–Crippen LogP) is 5.94. The Morgan fingerprint density at radius 3 is 1.98 bits per heavy atom. The molecule has 54 heavy (non-hydrogen) atoms. The number of rotatable bonds is 12. The van der Waals surface area contributed by atoms with E-state index in [0.717, 1.165) is 56.5 Å². The number of ketones is 1. The molecule has 11 rings (SSSR count). The van der Waals surface area contributed by atoms with Crippen LogP contribution in [-0.4, -0.2) is 73.3 Å². The van der Waals surface area contributed by atoms with Gasteiger partial charge in [0.1, 0.15) is 0 Å². The van der Waals surface area contributed by atoms with E-state index in [1.165, 1.54) is 72.1 Å². The molecule has 0 bridgehead atoms. The number of imidazole rings is 3. The molecule has 3 aromatic heterocycles. The van der Waals surface area contributed by atoms with Crippen molar-refractivity contribution in [2.45, 2.75) is 107 Å². The number of benzene rings is 2. The fourth-order valence-corrected chi connectivity index (χ4v) is 8.21. The smallest absolute Gasteiger partial charge is 0.207 e. The highest BCUT2D eigenvalue weighted by Gasteiger charge is 2.39. The minimum atomic E-state index is -0.303. The summed E-state index contributed by atoms with van der Waals surface area (Å²) in [7, 11) is 0. The number of carbonyl (C=O) groups excluding carboxylic acids is 2. The van der Waals surface area contributed by atoms with E-state index < -0.39 is 0 Å². The molecule has 6 fully saturated rings. The average Bonchev–Trinajstić information content (AvgIpc) is 4.16. The highest BCUT2D eigenvalue weighted by atomic mass is 16.5. The monoisotopic (exact) mass is 732 g/mol. The minimum absolute atomic E-state index is 0.188. The molecule has 2 aromatic carbocycles. The SMILES string of the molecule is NCc1ccc2ncn(C3CC3)c2c1.O=CNC(C(=O)C1CC1)C1CCOC1.c1cc2ncn(C3CC3)c2cc1Cn1cnc(C2CCOC2)c1C1CC1. The molecule has 12 nitrogen and oxygen atoms in total. The lowest BCUT2D eigenvalue weighted by Gasteiger charge is -2.19. The quantitative estimate of drug-likeness (QED) is 0.150. The Hall–Kier alpha value is -4.39. The molecule has 3 N–H and O–H groups in total. The molecule has 284 valence electrons. The van der Waals surface area contributed by atoms with Crippen molar-refractivity contribution < 1.29 is 19.1 Å². The first-order chi connectivity index (χ1) is 26.6. The number of hydrogen-bond acceptors (Lipinski definition) is 8. The lowest BCUT2D eigenvalue weighted by molar-refractivity contribution is -0.126. The summed E-state index contributed by atoms with van der Waals surface area (Å²) in [4.78, 5) is 36.0. The Morgan fingerprint density at radius 2 is 1.43 bits per heavy atom. The molecule has 3 unspecified atom stereocenters. The number of Topliss-reactive ketones (excluding diaryl/α,β-unsaturated/α-hetero) is 1. The summed E-state index contributed by atoms with van der Waals surface area (Å²) in [6.45, 7) is 4.53. The van der Waals surface area contributed by atoms with Gasteiger partial charge in [-0.1, -0.05) is 12.1 Å². The van der Waals surface area contributed by atoms with E-state index in [0.29, 0.717) is 50.1 Å². The second-order valence-electron chi connectivity index (χ2n) is 16.2. The van der Waals surface area contributed by atoms with Crippen LogP contribution in [0, 0.1) is 11.8 Å². The van der Waals surface area contributed by atoms with Crippen LogP contribution in [0.2, 0.25) is 0 Å². The van der Waals surface area contributed by atoms with Gasteiger partial charge in [0.25, 0.3) is 0 Å². The lowest BCUT2D eigenvalue weighted by Crippen LogP contribution is -2.43. The first-order valence-corrected chi connectivity index (χ1v) is 20.1. The van der Waals surface area contributed by atoms with Crippen LogP contribution in [0.1, 0.15) is 111 Å². The Labute approximate surface area is 315 Å². The maximum Gasteiger partial charge on any atom is 0.207 e. The molecule has 1 amide bonds. The van der Waals surface area contributed by atoms with Gasteiger partial charge < -0.3 is 34.2 Å². The maximum atomic E-state index is 11.8. The van der Waals surface area contributed by atoms with E-state index in [1.807, 2.05) is 18.7 Å². The number of nitrogens with two attached hydrogens (primary N) is 1. The van der Waals surface area contributed by atoms with Crippen LogP contribution in [0.5, 0.6) is 0 Å². The Morgan fingerprint density at radius 1 is 0.778 bits per heavy atom. The average molecular weight is 733 g/mol. The van der Waals surface area contributed by atoms with E-state index in [-0.39, 0.29) is 23.7 Å². The summed E-state index contributed by atoms with van der Waals surface area (Å²) in [5.74, 6) is 1.79. The van der Waals surface area contributed by atoms with Gasteiger partial charge in [-0.3, -0.25) is 9.59 Å². The number of ether oxygens (including phenoxy) is 2. The zero-order valence-electron chi connectivity index (χ0n) is 31.0. The van der Waals surface area contributed by atoms with E-state index in [9.17, 15) is 9.59 Å². The number of fused-ring (bicyclic) bond motifs is 2. The van der Waals surface area contributed by atoms with Crippen molar-refractivity contribution in [2.75, 3.05) is 26.4 Å². The molecule has 12 heteroatoms. The van der Waals surface area contributed by atoms with Gasteiger partial charge in [0.05, 0.1) is 66.0 Å². The topological polar surface area (TPSA) is 144 Å². The summed E-state index contributed by atoms with van der Waals surface area (Å²) < 4.78 is 17.9. The van der Waals surface area contributed by atoms with Crippen molar-refractivity contribution in [3.8, 4) is 0 Å². The molecule has 2 saturated heterocycles. The summed E-state index contributed by atoms with van der Waals surface area (Å²) in [5.41, 5.74) is 15.6. The Bertz CT molecular complexity index is 2090. The highest BCUT2D eigenvalue weighted by Crippen LogP contribution is 2.44. The van der Waals surface area contributed by atoms with E-state index in [2.05, 4.69) is 65.6 Å². The molecule has 6 aliphatic rings. The van der Waals surface area contributed by atoms with Crippen LogP contribution in [0.4, 0.5) is 0 Å². The van der Waals surface area contributed by atoms with Crippen molar-refractivity contribution in [3.63, 3.8) is 0 Å². The number of hydrogen-bond donors (Lipinski definition) is 2. The largest absolute Gasteiger partial charge is 0.381 e. The first-order valence-electron chi connectivity index (χ1n) is 20.1. The molecule has 0 spiro atoms. The van der Waals surface area contributed by atoms with Gasteiger partial charge in [-0.15, -0.1) is 0 Å². The summed E-state index contributed by atoms with van der Waals surface area (Å²) in [6, 6.07) is 14.0. The number of aromatic nitrogens is 6. The molecular formula is C42H52N8O4. The third-order valence-corrected chi connectivity index (χ3v) is 11.9. The summed E-state index contributed by atoms with van der Waals surface area (Å²) >= 11 is 0. The second-order valence-corrected chi connectivity index (χ2v) is 16.2. The predicted molar refractivity (Wildman–Crippen MR) is 205 cm³/mol. The molecule has 4 aliphatic carbocycles. The van der Waals surface area contributed by atoms with Gasteiger partial charge in [-0.2, -0.15) is 0 Å². The fraction of sp³-hybridized carbons (Fsp3) is 0.548. The van der Waals surface area contributed by atoms with E-state index in [4.69, 9.17) is 20.2 Å². The summed E-state index contributed by atoms with van der Waals surface area (Å²) in [6.07, 6.45) is 18.4. The summed E-state index contributed by atoms with van der Waals surface area (Å²) in [5, 5.41) is 2.64. The van der Waals surface area contributed by atoms with Crippen LogP contribution in [0.3, 0.4) is 0 Å². The Kier molecular flexibility index (Phi) is 10.1. The van der Waals surface area contributed by atoms with Crippen molar-refractivity contribution in [2.24, 2.45) is 17.6 Å². The van der Waals surface area contributed by atoms with Crippen LogP contribution >= 0.6 is 0 Å². The number of nitrogens with one attached hydrogen (secondary N) is 1. The standard InChI is InChI=1S/C21H24N4O.C11H13N3.C10H15NO3/c1-6-18-19(25(13-22-18)17-4-5-17)9-14(1)10-24-12-23-20(16-7-8-26-11-16)21(24)15-2-3-15;12-6-8-1-4-10-11(5-8)14(7-13-10)9-2-3-9;12-6-11-9(8-3-4-14-5-8)10(13)7-1-2-7/h1,6,9,12-13,15-17H,2-5,7-8,10-11H2;1,4-5,7,9H,2-3,6,12H2;6-9H,1-5H2,(H,11,12). The van der Waals surface area contributed by atoms with Crippen LogP contribution < -0.4 is 11.1 Å². The van der Waals surface area contributed by atoms with Gasteiger partial charge >= 0.3 is 0 Å². The third-order valence-electron chi connectivity index (χ3n) is 11.9. The number of amides is 1. The number of carbonyl (C=O) groups is 2. The Balaban J connectivity index is 0.000000117. The molecule has 5 aromatic rings. The van der Waals surface area contributed by atoms with E-state index >= 15 is 0 Å². The second kappa shape index (κ2) is 15.4. The van der Waals surface area contributed by atoms with Crippen molar-refractivity contribution in [3.05, 3.63) is 77.9 Å². The highest BCUT2D eigenvalue weighted by molar-refractivity contribution is 5.90. The maximum absolute atomic E-state index is 11.8. The zero-order valence-corrected chi connectivity index (χ0v) is 31.0. The minimum Gasteiger partial charge on any atom is -0.381 e. The van der Waals surface area contributed by atoms with Gasteiger partial charge in [-0.25, -0.2) is 15.0 Å². The molecular weight excluding hydrogens is 681 g/mol. The van der Waals surface area contributed by atoms with Gasteiger partial charge in [0.2, 0.25) is 6.41 Å². The van der Waals surface area contributed by atoms with Gasteiger partial charge in [0, 0.05) is 67.8 Å². The van der Waals surface area contributed by atoms with Gasteiger partial charge in [0.15, 0.2) is 5.78 Å². The molecule has 2 aliphatic heterocycles.